The lowest BCUT2D eigenvalue weighted by Gasteiger charge is -2.16. The molecule has 7 nitrogen and oxygen atoms in total. The lowest BCUT2D eigenvalue weighted by atomic mass is 10.1. The van der Waals surface area contributed by atoms with Gasteiger partial charge in [-0.1, -0.05) is 59.1 Å². The normalized spacial score (nSPS) is 11.2. The summed E-state index contributed by atoms with van der Waals surface area (Å²) < 4.78 is 14.5. The van der Waals surface area contributed by atoms with E-state index in [4.69, 9.17) is 26.1 Å². The van der Waals surface area contributed by atoms with E-state index in [1.54, 1.807) is 30.5 Å². The first kappa shape index (κ1) is 28.8. The number of unbranched alkanes of at least 4 members (excludes halogenated alkanes) is 1. The van der Waals surface area contributed by atoms with Gasteiger partial charge in [0.2, 0.25) is 0 Å². The summed E-state index contributed by atoms with van der Waals surface area (Å²) in [6.45, 7) is 4.46. The molecule has 0 fully saturated rings. The fourth-order valence-electron chi connectivity index (χ4n) is 3.93. The number of ether oxygens (including phenoxy) is 2. The van der Waals surface area contributed by atoms with Crippen LogP contribution in [0.3, 0.4) is 0 Å². The molecular formula is C29H25Br2ClN4O3. The van der Waals surface area contributed by atoms with Crippen molar-refractivity contribution in [3.8, 4) is 17.6 Å². The van der Waals surface area contributed by atoms with Crippen molar-refractivity contribution in [2.24, 2.45) is 5.10 Å². The van der Waals surface area contributed by atoms with E-state index < -0.39 is 0 Å². The first-order valence-electron chi connectivity index (χ1n) is 12.4. The molecule has 1 aromatic heterocycles. The molecule has 0 saturated carbocycles. The Morgan fingerprint density at radius 3 is 2.69 bits per heavy atom. The second kappa shape index (κ2) is 13.2. The van der Waals surface area contributed by atoms with E-state index >= 15 is 0 Å². The van der Waals surface area contributed by atoms with Crippen molar-refractivity contribution in [2.45, 2.75) is 39.7 Å². The van der Waals surface area contributed by atoms with Crippen molar-refractivity contribution in [2.75, 3.05) is 6.61 Å². The Labute approximate surface area is 248 Å². The quantitative estimate of drug-likeness (QED) is 0.162. The third kappa shape index (κ3) is 6.52. The van der Waals surface area contributed by atoms with E-state index in [9.17, 15) is 10.1 Å². The zero-order valence-corrected chi connectivity index (χ0v) is 25.3. The van der Waals surface area contributed by atoms with Crippen LogP contribution in [0.5, 0.6) is 11.5 Å². The molecule has 4 aromatic rings. The molecule has 0 atom stereocenters. The van der Waals surface area contributed by atoms with Gasteiger partial charge in [0.25, 0.3) is 5.56 Å². The van der Waals surface area contributed by atoms with E-state index in [-0.39, 0.29) is 17.2 Å². The molecule has 0 aliphatic carbocycles. The summed E-state index contributed by atoms with van der Waals surface area (Å²) in [7, 11) is 0. The van der Waals surface area contributed by atoms with E-state index in [0.717, 1.165) is 22.9 Å². The average Bonchev–Trinajstić information content (AvgIpc) is 2.94. The number of fused-ring (bicyclic) bond motifs is 1. The van der Waals surface area contributed by atoms with Crippen LogP contribution in [-0.4, -0.2) is 22.5 Å². The van der Waals surface area contributed by atoms with E-state index in [0.29, 0.717) is 56.9 Å². The highest BCUT2D eigenvalue weighted by atomic mass is 79.9. The van der Waals surface area contributed by atoms with Crippen LogP contribution in [0.25, 0.3) is 10.9 Å². The van der Waals surface area contributed by atoms with Crippen LogP contribution in [0.2, 0.25) is 5.02 Å². The van der Waals surface area contributed by atoms with E-state index in [2.05, 4.69) is 50.0 Å². The zero-order chi connectivity index (χ0) is 27.9. The average molecular weight is 673 g/mol. The molecule has 39 heavy (non-hydrogen) atoms. The van der Waals surface area contributed by atoms with Crippen molar-refractivity contribution in [3.05, 3.63) is 95.4 Å². The molecule has 0 radical (unpaired) electrons. The Balaban J connectivity index is 1.75. The molecule has 0 N–H and O–H groups in total. The highest BCUT2D eigenvalue weighted by Gasteiger charge is 2.19. The number of nitrogens with zero attached hydrogens (tertiary/aromatic N) is 4. The summed E-state index contributed by atoms with van der Waals surface area (Å²) >= 11 is 13.7. The van der Waals surface area contributed by atoms with Gasteiger partial charge in [-0.2, -0.15) is 15.0 Å². The van der Waals surface area contributed by atoms with Crippen LogP contribution in [-0.2, 0) is 13.0 Å². The lowest BCUT2D eigenvalue weighted by molar-refractivity contribution is 0.269. The number of hydrogen-bond acceptors (Lipinski definition) is 6. The Morgan fingerprint density at radius 1 is 1.15 bits per heavy atom. The van der Waals surface area contributed by atoms with E-state index in [1.807, 2.05) is 31.2 Å². The van der Waals surface area contributed by atoms with Gasteiger partial charge in [0.1, 0.15) is 17.5 Å². The molecule has 10 heteroatoms. The molecular weight excluding hydrogens is 648 g/mol. The zero-order valence-electron chi connectivity index (χ0n) is 21.4. The van der Waals surface area contributed by atoms with Crippen LogP contribution < -0.4 is 15.0 Å². The molecule has 4 rings (SSSR count). The Morgan fingerprint density at radius 2 is 1.95 bits per heavy atom. The maximum atomic E-state index is 13.4. The molecule has 200 valence electrons. The standard InChI is InChI=1S/C29H25Br2ClN4O3/c1-3-5-10-25-35-23-12-11-21(30)14-22(23)29(37)36(25)34-16-20-13-24(38-4-2)28(27(32)26(20)31)39-17-19-9-7-6-8-18(19)15-33/h6-9,11-14,16H,3-5,10,17H2,1-2H3. The Bertz CT molecular complexity index is 1650. The summed E-state index contributed by atoms with van der Waals surface area (Å²) in [5.74, 6) is 1.34. The fraction of sp³-hybridized carbons (Fsp3) is 0.241. The Kier molecular flexibility index (Phi) is 9.78. The minimum atomic E-state index is -0.257. The molecule has 0 amide bonds. The van der Waals surface area contributed by atoms with Gasteiger partial charge in [0.15, 0.2) is 11.5 Å². The highest BCUT2D eigenvalue weighted by molar-refractivity contribution is 9.10. The number of benzene rings is 3. The fourth-order valence-corrected chi connectivity index (χ4v) is 4.95. The number of aryl methyl sites for hydroxylation is 1. The Hall–Kier alpha value is -3.19. The van der Waals surface area contributed by atoms with Crippen molar-refractivity contribution >= 4 is 60.6 Å². The van der Waals surface area contributed by atoms with Crippen LogP contribution >= 0.6 is 43.5 Å². The topological polar surface area (TPSA) is 89.5 Å². The minimum Gasteiger partial charge on any atom is -0.490 e. The molecule has 1 heterocycles. The summed E-state index contributed by atoms with van der Waals surface area (Å²) in [5.41, 5.74) is 2.22. The molecule has 0 saturated heterocycles. The second-order valence-electron chi connectivity index (χ2n) is 8.57. The molecule has 0 spiro atoms. The van der Waals surface area contributed by atoms with Gasteiger partial charge >= 0.3 is 0 Å². The molecule has 0 aliphatic heterocycles. The van der Waals surface area contributed by atoms with Crippen LogP contribution in [0.4, 0.5) is 0 Å². The van der Waals surface area contributed by atoms with E-state index in [1.165, 1.54) is 4.68 Å². The van der Waals surface area contributed by atoms with Crippen LogP contribution in [0, 0.1) is 11.3 Å². The smallest absolute Gasteiger partial charge is 0.282 e. The summed E-state index contributed by atoms with van der Waals surface area (Å²) in [6.07, 6.45) is 3.99. The summed E-state index contributed by atoms with van der Waals surface area (Å²) in [4.78, 5) is 18.1. The summed E-state index contributed by atoms with van der Waals surface area (Å²) in [5, 5.41) is 14.7. The van der Waals surface area contributed by atoms with Crippen LogP contribution in [0.1, 0.15) is 49.2 Å². The molecule has 0 unspecified atom stereocenters. The maximum absolute atomic E-state index is 13.4. The largest absolute Gasteiger partial charge is 0.490 e. The van der Waals surface area contributed by atoms with Crippen molar-refractivity contribution < 1.29 is 9.47 Å². The first-order chi connectivity index (χ1) is 18.9. The molecule has 0 aliphatic rings. The van der Waals surface area contributed by atoms with Crippen molar-refractivity contribution in [3.63, 3.8) is 0 Å². The summed E-state index contributed by atoms with van der Waals surface area (Å²) in [6, 6.07) is 16.6. The van der Waals surface area contributed by atoms with Crippen LogP contribution in [0.15, 0.2) is 67.4 Å². The molecule has 3 aromatic carbocycles. The number of hydrogen-bond donors (Lipinski definition) is 0. The lowest BCUT2D eigenvalue weighted by Crippen LogP contribution is -2.22. The van der Waals surface area contributed by atoms with Crippen molar-refractivity contribution in [1.29, 1.82) is 5.26 Å². The van der Waals surface area contributed by atoms with Gasteiger partial charge < -0.3 is 9.47 Å². The van der Waals surface area contributed by atoms with Gasteiger partial charge in [-0.25, -0.2) is 4.98 Å². The third-order valence-corrected chi connectivity index (χ3v) is 7.84. The van der Waals surface area contributed by atoms with Gasteiger partial charge in [-0.15, -0.1) is 0 Å². The number of aromatic nitrogens is 2. The number of nitriles is 1. The number of halogens is 3. The SMILES string of the molecule is CCCCc1nc2ccc(Br)cc2c(=O)n1N=Cc1cc(OCC)c(OCc2ccccc2C#N)c(Cl)c1Br. The highest BCUT2D eigenvalue weighted by Crippen LogP contribution is 2.42. The maximum Gasteiger partial charge on any atom is 0.282 e. The van der Waals surface area contributed by atoms with Gasteiger partial charge in [0, 0.05) is 26.5 Å². The minimum absolute atomic E-state index is 0.137. The predicted octanol–water partition coefficient (Wildman–Crippen LogP) is 7.65. The van der Waals surface area contributed by atoms with Gasteiger partial charge in [-0.3, -0.25) is 4.79 Å². The second-order valence-corrected chi connectivity index (χ2v) is 10.7. The monoisotopic (exact) mass is 670 g/mol. The predicted molar refractivity (Wildman–Crippen MR) is 161 cm³/mol. The van der Waals surface area contributed by atoms with Gasteiger partial charge in [0.05, 0.1) is 35.4 Å². The van der Waals surface area contributed by atoms with Gasteiger partial charge in [-0.05, 0) is 59.6 Å². The molecule has 0 bridgehead atoms. The third-order valence-electron chi connectivity index (χ3n) is 5.91. The van der Waals surface area contributed by atoms with Crippen molar-refractivity contribution in [1.82, 2.24) is 9.66 Å². The first-order valence-corrected chi connectivity index (χ1v) is 14.3. The number of rotatable bonds is 10.